The Morgan fingerprint density at radius 1 is 1.21 bits per heavy atom. The molecule has 1 aliphatic heterocycles. The highest BCUT2D eigenvalue weighted by Gasteiger charge is 2.45. The number of nitrogens with zero attached hydrogens (tertiary/aromatic N) is 6. The van der Waals surface area contributed by atoms with E-state index >= 15 is 0 Å². The molecule has 1 aliphatic carbocycles. The lowest BCUT2D eigenvalue weighted by Crippen LogP contribution is -2.23. The molecule has 2 fully saturated rings. The second kappa shape index (κ2) is 7.90. The van der Waals surface area contributed by atoms with E-state index < -0.39 is 11.9 Å². The van der Waals surface area contributed by atoms with Crippen molar-refractivity contribution in [2.75, 3.05) is 25.1 Å². The van der Waals surface area contributed by atoms with Crippen LogP contribution >= 0.6 is 11.3 Å². The summed E-state index contributed by atoms with van der Waals surface area (Å²) in [5.41, 5.74) is 1.55. The Labute approximate surface area is 168 Å². The van der Waals surface area contributed by atoms with Crippen molar-refractivity contribution in [3.63, 3.8) is 0 Å². The summed E-state index contributed by atoms with van der Waals surface area (Å²) in [4.78, 5) is 14.4. The van der Waals surface area contributed by atoms with Crippen LogP contribution in [0.15, 0.2) is 36.2 Å². The summed E-state index contributed by atoms with van der Waals surface area (Å²) < 4.78 is 40.8. The van der Waals surface area contributed by atoms with Gasteiger partial charge in [0.15, 0.2) is 10.7 Å². The van der Waals surface area contributed by atoms with Crippen LogP contribution in [-0.2, 0) is 6.18 Å². The van der Waals surface area contributed by atoms with Gasteiger partial charge in [0, 0.05) is 19.3 Å². The lowest BCUT2D eigenvalue weighted by atomic mass is 10.3. The largest absolute Gasteiger partial charge is 0.494 e. The summed E-state index contributed by atoms with van der Waals surface area (Å²) in [6, 6.07) is 2.60. The van der Waals surface area contributed by atoms with E-state index in [1.807, 2.05) is 6.20 Å². The number of hydrogen-bond acceptors (Lipinski definition) is 8. The standard InChI is InChI=1S/C11H11N5S.C7H6F3NO/c1-7-4-16(5-8(1)7)10-3-12-2-9(14-10)11-15-13-6-17-11;1-12-5-3-2-4-11-6(5)7(8,9)10/h2-3,6-8H,1,4-5H2;2-4H,1H3. The topological polar surface area (TPSA) is 76.9 Å². The van der Waals surface area contributed by atoms with Crippen LogP contribution in [0.4, 0.5) is 19.0 Å². The Morgan fingerprint density at radius 3 is 2.62 bits per heavy atom. The minimum atomic E-state index is -4.45. The number of alkyl halides is 3. The molecule has 2 aliphatic rings. The Bertz CT molecular complexity index is 958. The van der Waals surface area contributed by atoms with Crippen molar-refractivity contribution in [1.82, 2.24) is 25.1 Å². The van der Waals surface area contributed by atoms with E-state index in [0.717, 1.165) is 47.6 Å². The molecule has 29 heavy (non-hydrogen) atoms. The summed E-state index contributed by atoms with van der Waals surface area (Å²) in [5.74, 6) is 2.53. The fraction of sp³-hybridized carbons (Fsp3) is 0.389. The van der Waals surface area contributed by atoms with E-state index in [1.54, 1.807) is 11.7 Å². The smallest absolute Gasteiger partial charge is 0.437 e. The number of fused-ring (bicyclic) bond motifs is 1. The molecular formula is C18H17F3N6OS. The quantitative estimate of drug-likeness (QED) is 0.639. The zero-order valence-corrected chi connectivity index (χ0v) is 16.2. The van der Waals surface area contributed by atoms with Gasteiger partial charge < -0.3 is 9.64 Å². The van der Waals surface area contributed by atoms with Crippen molar-refractivity contribution >= 4 is 17.2 Å². The molecule has 0 radical (unpaired) electrons. The normalized spacial score (nSPS) is 19.9. The summed E-state index contributed by atoms with van der Waals surface area (Å²) in [7, 11) is 1.17. The molecule has 0 spiro atoms. The van der Waals surface area contributed by atoms with Gasteiger partial charge in [-0.25, -0.2) is 9.97 Å². The molecule has 1 saturated heterocycles. The molecule has 0 N–H and O–H groups in total. The molecule has 152 valence electrons. The zero-order valence-electron chi connectivity index (χ0n) is 15.4. The molecule has 3 aromatic heterocycles. The Morgan fingerprint density at radius 2 is 2.00 bits per heavy atom. The lowest BCUT2D eigenvalue weighted by Gasteiger charge is -2.18. The van der Waals surface area contributed by atoms with Crippen LogP contribution < -0.4 is 9.64 Å². The summed E-state index contributed by atoms with van der Waals surface area (Å²) in [6.45, 7) is 2.28. The average Bonchev–Trinajstić information content (AvgIpc) is 3.13. The fourth-order valence-electron chi connectivity index (χ4n) is 3.25. The van der Waals surface area contributed by atoms with Crippen LogP contribution in [0.3, 0.4) is 0 Å². The van der Waals surface area contributed by atoms with E-state index in [0.29, 0.717) is 0 Å². The highest BCUT2D eigenvalue weighted by atomic mass is 32.1. The maximum atomic E-state index is 12.1. The SMILES string of the molecule is COc1cccnc1C(F)(F)F.c1nnc(-c2cncc(N3CC4CC4C3)n2)s1. The summed E-state index contributed by atoms with van der Waals surface area (Å²) in [5, 5.41) is 8.69. The first kappa shape index (κ1) is 19.5. The minimum absolute atomic E-state index is 0.259. The number of ether oxygens (including phenoxy) is 1. The van der Waals surface area contributed by atoms with Gasteiger partial charge in [-0.05, 0) is 30.4 Å². The highest BCUT2D eigenvalue weighted by Crippen LogP contribution is 2.45. The van der Waals surface area contributed by atoms with Gasteiger partial charge >= 0.3 is 6.18 Å². The van der Waals surface area contributed by atoms with Gasteiger partial charge in [-0.15, -0.1) is 10.2 Å². The average molecular weight is 422 g/mol. The first-order valence-electron chi connectivity index (χ1n) is 8.85. The van der Waals surface area contributed by atoms with Crippen molar-refractivity contribution < 1.29 is 17.9 Å². The molecule has 2 unspecified atom stereocenters. The molecule has 1 saturated carbocycles. The van der Waals surface area contributed by atoms with Gasteiger partial charge in [0.1, 0.15) is 22.8 Å². The fourth-order valence-corrected chi connectivity index (χ4v) is 3.76. The van der Waals surface area contributed by atoms with Crippen LogP contribution in [0, 0.1) is 11.8 Å². The van der Waals surface area contributed by atoms with Crippen molar-refractivity contribution in [3.8, 4) is 16.5 Å². The molecule has 2 atom stereocenters. The summed E-state index contributed by atoms with van der Waals surface area (Å²) >= 11 is 1.49. The van der Waals surface area contributed by atoms with E-state index in [2.05, 4.69) is 34.8 Å². The van der Waals surface area contributed by atoms with Crippen LogP contribution in [0.25, 0.3) is 10.7 Å². The van der Waals surface area contributed by atoms with Crippen molar-refractivity contribution in [3.05, 3.63) is 41.9 Å². The Balaban J connectivity index is 0.000000152. The molecule has 0 amide bonds. The van der Waals surface area contributed by atoms with E-state index in [9.17, 15) is 13.2 Å². The third kappa shape index (κ3) is 4.44. The third-order valence-electron chi connectivity index (χ3n) is 4.76. The zero-order chi connectivity index (χ0) is 20.4. The first-order chi connectivity index (χ1) is 14.0. The maximum absolute atomic E-state index is 12.1. The van der Waals surface area contributed by atoms with Gasteiger partial charge in [-0.1, -0.05) is 11.3 Å². The first-order valence-corrected chi connectivity index (χ1v) is 9.73. The molecule has 3 aromatic rings. The van der Waals surface area contributed by atoms with Crippen LogP contribution in [-0.4, -0.2) is 45.3 Å². The number of pyridine rings is 1. The van der Waals surface area contributed by atoms with E-state index in [-0.39, 0.29) is 5.75 Å². The molecular weight excluding hydrogens is 405 g/mol. The molecule has 0 bridgehead atoms. The molecule has 4 heterocycles. The van der Waals surface area contributed by atoms with Gasteiger partial charge in [0.05, 0.1) is 19.5 Å². The van der Waals surface area contributed by atoms with Crippen LogP contribution in [0.1, 0.15) is 12.1 Å². The van der Waals surface area contributed by atoms with Crippen molar-refractivity contribution in [1.29, 1.82) is 0 Å². The van der Waals surface area contributed by atoms with Gasteiger partial charge in [0.25, 0.3) is 0 Å². The number of hydrogen-bond donors (Lipinski definition) is 0. The number of halogens is 3. The van der Waals surface area contributed by atoms with Gasteiger partial charge in [0.2, 0.25) is 0 Å². The van der Waals surface area contributed by atoms with Gasteiger partial charge in [-0.2, -0.15) is 13.2 Å². The number of piperidine rings is 1. The van der Waals surface area contributed by atoms with Crippen molar-refractivity contribution in [2.24, 2.45) is 11.8 Å². The molecule has 11 heteroatoms. The second-order valence-corrected chi connectivity index (χ2v) is 7.55. The maximum Gasteiger partial charge on any atom is 0.437 e. The molecule has 0 aromatic carbocycles. The van der Waals surface area contributed by atoms with E-state index in [1.165, 1.54) is 37.0 Å². The number of rotatable bonds is 3. The monoisotopic (exact) mass is 422 g/mol. The second-order valence-electron chi connectivity index (χ2n) is 6.72. The summed E-state index contributed by atoms with van der Waals surface area (Å²) in [6.07, 6.45) is 1.62. The minimum Gasteiger partial charge on any atom is -0.494 e. The predicted octanol–water partition coefficient (Wildman–Crippen LogP) is 3.56. The predicted molar refractivity (Wildman–Crippen MR) is 101 cm³/mol. The Kier molecular flexibility index (Phi) is 5.31. The van der Waals surface area contributed by atoms with Crippen molar-refractivity contribution in [2.45, 2.75) is 12.6 Å². The number of anilines is 1. The molecule has 7 nitrogen and oxygen atoms in total. The molecule has 5 rings (SSSR count). The Hall–Kier alpha value is -2.82. The highest BCUT2D eigenvalue weighted by molar-refractivity contribution is 7.12. The van der Waals surface area contributed by atoms with Crippen LogP contribution in [0.2, 0.25) is 0 Å². The number of aromatic nitrogens is 5. The van der Waals surface area contributed by atoms with Crippen LogP contribution in [0.5, 0.6) is 5.75 Å². The lowest BCUT2D eigenvalue weighted by molar-refractivity contribution is -0.142. The van der Waals surface area contributed by atoms with E-state index in [4.69, 9.17) is 0 Å². The third-order valence-corrected chi connectivity index (χ3v) is 5.48. The number of methoxy groups -OCH3 is 1. The van der Waals surface area contributed by atoms with Gasteiger partial charge in [-0.3, -0.25) is 4.98 Å².